The highest BCUT2D eigenvalue weighted by Gasteiger charge is 2.03. The summed E-state index contributed by atoms with van der Waals surface area (Å²) in [4.78, 5) is 15.3. The lowest BCUT2D eigenvalue weighted by atomic mass is 10.4. The van der Waals surface area contributed by atoms with Crippen LogP contribution in [0.3, 0.4) is 0 Å². The Morgan fingerprint density at radius 3 is 3.08 bits per heavy atom. The van der Waals surface area contributed by atoms with Crippen LogP contribution in [-0.4, -0.2) is 9.55 Å². The highest BCUT2D eigenvalue weighted by molar-refractivity contribution is 14.1. The normalized spacial score (nSPS) is 9.42. The first-order chi connectivity index (χ1) is 5.66. The Labute approximate surface area is 83.0 Å². The zero-order chi connectivity index (χ0) is 9.14. The van der Waals surface area contributed by atoms with Crippen LogP contribution in [0.15, 0.2) is 11.1 Å². The molecule has 1 rings (SSSR count). The summed E-state index contributed by atoms with van der Waals surface area (Å²) in [7, 11) is 0. The quantitative estimate of drug-likeness (QED) is 0.708. The molecule has 0 amide bonds. The van der Waals surface area contributed by atoms with E-state index < -0.39 is 0 Å². The minimum Gasteiger partial charge on any atom is -0.284 e. The van der Waals surface area contributed by atoms with Crippen molar-refractivity contribution in [2.24, 2.45) is 0 Å². The lowest BCUT2D eigenvalue weighted by Gasteiger charge is -2.00. The van der Waals surface area contributed by atoms with Crippen molar-refractivity contribution in [1.29, 1.82) is 5.26 Å². The summed E-state index contributed by atoms with van der Waals surface area (Å²) >= 11 is 1.93. The number of hydrogen-bond donors (Lipinski definition) is 0. The number of nitrogens with zero attached hydrogens (tertiary/aromatic N) is 3. The second kappa shape index (κ2) is 3.67. The summed E-state index contributed by atoms with van der Waals surface area (Å²) in [6.45, 7) is 1.82. The van der Waals surface area contributed by atoms with E-state index in [1.54, 1.807) is 6.92 Å². The van der Waals surface area contributed by atoms with Crippen molar-refractivity contribution < 1.29 is 0 Å². The molecule has 4 nitrogen and oxygen atoms in total. The fourth-order valence-corrected chi connectivity index (χ4v) is 1.18. The third-order valence-corrected chi connectivity index (χ3v) is 2.64. The van der Waals surface area contributed by atoms with Gasteiger partial charge in [-0.15, -0.1) is 0 Å². The van der Waals surface area contributed by atoms with Gasteiger partial charge in [-0.25, -0.2) is 4.98 Å². The van der Waals surface area contributed by atoms with E-state index in [9.17, 15) is 4.79 Å². The molecule has 0 unspecified atom stereocenters. The number of hydrogen-bond acceptors (Lipinski definition) is 3. The van der Waals surface area contributed by atoms with Gasteiger partial charge in [0.1, 0.15) is 6.54 Å². The monoisotopic (exact) mass is 275 g/mol. The van der Waals surface area contributed by atoms with Crippen molar-refractivity contribution in [3.8, 4) is 6.07 Å². The predicted octanol–water partition coefficient (Wildman–Crippen LogP) is 0.680. The van der Waals surface area contributed by atoms with Gasteiger partial charge in [-0.1, -0.05) is 0 Å². The lowest BCUT2D eigenvalue weighted by molar-refractivity contribution is 0.747. The molecule has 0 radical (unpaired) electrons. The smallest absolute Gasteiger partial charge is 0.267 e. The van der Waals surface area contributed by atoms with Crippen LogP contribution in [-0.2, 0) is 6.54 Å². The molecule has 5 heteroatoms. The molecule has 0 N–H and O–H groups in total. The molecule has 1 aromatic rings. The highest BCUT2D eigenvalue weighted by atomic mass is 127. The molecule has 0 aliphatic carbocycles. The summed E-state index contributed by atoms with van der Waals surface area (Å²) in [5.41, 5.74) is 0.555. The average molecular weight is 275 g/mol. The number of halogens is 1. The lowest BCUT2D eigenvalue weighted by Crippen LogP contribution is -2.23. The fraction of sp³-hybridized carbons (Fsp3) is 0.286. The van der Waals surface area contributed by atoms with Crippen molar-refractivity contribution in [2.75, 3.05) is 0 Å². The van der Waals surface area contributed by atoms with Gasteiger partial charge in [0.15, 0.2) is 0 Å². The van der Waals surface area contributed by atoms with E-state index in [2.05, 4.69) is 4.98 Å². The van der Waals surface area contributed by atoms with Crippen molar-refractivity contribution in [3.63, 3.8) is 0 Å². The molecule has 0 aromatic carbocycles. The number of aromatic nitrogens is 2. The third-order valence-electron chi connectivity index (χ3n) is 1.40. The van der Waals surface area contributed by atoms with Crippen LogP contribution < -0.4 is 5.56 Å². The van der Waals surface area contributed by atoms with Crippen LogP contribution in [0.5, 0.6) is 0 Å². The summed E-state index contributed by atoms with van der Waals surface area (Å²) < 4.78 is 1.86. The molecule has 0 fully saturated rings. The van der Waals surface area contributed by atoms with Crippen molar-refractivity contribution in [1.82, 2.24) is 9.55 Å². The second-order valence-corrected chi connectivity index (χ2v) is 3.31. The van der Waals surface area contributed by atoms with Gasteiger partial charge in [0, 0.05) is 0 Å². The topological polar surface area (TPSA) is 58.7 Å². The number of rotatable bonds is 1. The summed E-state index contributed by atoms with van der Waals surface area (Å²) in [5.74, 6) is 0. The molecule has 0 aliphatic heterocycles. The summed E-state index contributed by atoms with van der Waals surface area (Å²) in [5, 5.41) is 8.36. The predicted molar refractivity (Wildman–Crippen MR) is 51.6 cm³/mol. The van der Waals surface area contributed by atoms with Crippen LogP contribution in [0, 0.1) is 21.8 Å². The maximum absolute atomic E-state index is 11.3. The summed E-state index contributed by atoms with van der Waals surface area (Å²) in [6.07, 6.45) is 1.39. The van der Waals surface area contributed by atoms with Gasteiger partial charge < -0.3 is 0 Å². The van der Waals surface area contributed by atoms with E-state index in [0.717, 1.165) is 0 Å². The molecular weight excluding hydrogens is 269 g/mol. The van der Waals surface area contributed by atoms with Crippen LogP contribution >= 0.6 is 22.6 Å². The largest absolute Gasteiger partial charge is 0.284 e. The van der Waals surface area contributed by atoms with Gasteiger partial charge >= 0.3 is 0 Å². The molecule has 0 saturated carbocycles. The molecule has 1 heterocycles. The maximum Gasteiger partial charge on any atom is 0.267 e. The minimum atomic E-state index is -0.148. The van der Waals surface area contributed by atoms with E-state index in [4.69, 9.17) is 5.26 Å². The highest BCUT2D eigenvalue weighted by Crippen LogP contribution is 2.00. The third kappa shape index (κ3) is 1.64. The van der Waals surface area contributed by atoms with Crippen molar-refractivity contribution >= 4 is 22.6 Å². The number of aryl methyl sites for hydroxylation is 1. The Bertz CT molecular complexity index is 391. The molecule has 0 aliphatic rings. The molecular formula is C7H6IN3O. The second-order valence-electron chi connectivity index (χ2n) is 2.24. The zero-order valence-corrected chi connectivity index (χ0v) is 8.57. The van der Waals surface area contributed by atoms with E-state index >= 15 is 0 Å². The first-order valence-corrected chi connectivity index (χ1v) is 4.33. The Balaban J connectivity index is 3.29. The Hall–Kier alpha value is -0.900. The van der Waals surface area contributed by atoms with E-state index in [-0.39, 0.29) is 12.1 Å². The maximum atomic E-state index is 11.3. The van der Waals surface area contributed by atoms with E-state index in [1.165, 1.54) is 10.9 Å². The van der Waals surface area contributed by atoms with Gasteiger partial charge in [0.2, 0.25) is 0 Å². The van der Waals surface area contributed by atoms with E-state index in [0.29, 0.717) is 9.26 Å². The zero-order valence-electron chi connectivity index (χ0n) is 6.41. The van der Waals surface area contributed by atoms with Gasteiger partial charge in [-0.05, 0) is 29.5 Å². The van der Waals surface area contributed by atoms with Crippen molar-refractivity contribution in [3.05, 3.63) is 25.9 Å². The van der Waals surface area contributed by atoms with Crippen LogP contribution in [0.1, 0.15) is 5.69 Å². The molecule has 62 valence electrons. The van der Waals surface area contributed by atoms with Crippen LogP contribution in [0.4, 0.5) is 0 Å². The molecule has 0 bridgehead atoms. The Kier molecular flexibility index (Phi) is 2.81. The fourth-order valence-electron chi connectivity index (χ4n) is 0.735. The van der Waals surface area contributed by atoms with E-state index in [1.807, 2.05) is 28.7 Å². The molecule has 12 heavy (non-hydrogen) atoms. The Morgan fingerprint density at radius 2 is 2.50 bits per heavy atom. The van der Waals surface area contributed by atoms with Gasteiger partial charge in [-0.2, -0.15) is 5.26 Å². The van der Waals surface area contributed by atoms with Gasteiger partial charge in [0.25, 0.3) is 5.56 Å². The standard InChI is InChI=1S/C7H6IN3O/c1-5-6(8)7(12)11(3-2-9)4-10-5/h4H,3H2,1H3. The van der Waals surface area contributed by atoms with Gasteiger partial charge in [-0.3, -0.25) is 9.36 Å². The van der Waals surface area contributed by atoms with Crippen LogP contribution in [0.2, 0.25) is 0 Å². The average Bonchev–Trinajstić information content (AvgIpc) is 2.07. The Morgan fingerprint density at radius 1 is 1.83 bits per heavy atom. The first-order valence-electron chi connectivity index (χ1n) is 3.25. The molecule has 1 aromatic heterocycles. The first kappa shape index (κ1) is 9.19. The minimum absolute atomic E-state index is 0.0577. The van der Waals surface area contributed by atoms with Gasteiger partial charge in [0.05, 0.1) is 21.7 Å². The molecule has 0 atom stereocenters. The molecule has 0 saturated heterocycles. The molecule has 0 spiro atoms. The SMILES string of the molecule is Cc1ncn(CC#N)c(=O)c1I. The number of nitriles is 1. The van der Waals surface area contributed by atoms with Crippen molar-refractivity contribution in [2.45, 2.75) is 13.5 Å². The summed E-state index contributed by atoms with van der Waals surface area (Å²) in [6, 6.07) is 1.89. The van der Waals surface area contributed by atoms with Crippen LogP contribution in [0.25, 0.3) is 0 Å².